The highest BCUT2D eigenvalue weighted by atomic mass is 19.1. The van der Waals surface area contributed by atoms with E-state index in [9.17, 15) is 24.0 Å². The van der Waals surface area contributed by atoms with Crippen LogP contribution in [0, 0.1) is 17.1 Å². The number of nitrogens with zero attached hydrogens (tertiary/aromatic N) is 5. The van der Waals surface area contributed by atoms with Crippen molar-refractivity contribution in [3.63, 3.8) is 0 Å². The number of halogens is 1. The van der Waals surface area contributed by atoms with E-state index in [4.69, 9.17) is 0 Å². The van der Waals surface area contributed by atoms with Gasteiger partial charge in [-0.1, -0.05) is 29.5 Å². The molecule has 2 aliphatic rings. The minimum Gasteiger partial charge on any atom is -0.355 e. The van der Waals surface area contributed by atoms with Crippen molar-refractivity contribution in [3.8, 4) is 6.07 Å². The van der Waals surface area contributed by atoms with Crippen LogP contribution in [-0.4, -0.2) is 82.5 Å². The molecule has 1 aliphatic heterocycles. The zero-order valence-corrected chi connectivity index (χ0v) is 27.4. The summed E-state index contributed by atoms with van der Waals surface area (Å²) in [5.41, 5.74) is 4.37. The number of hydrogen-bond acceptors (Lipinski definition) is 8. The van der Waals surface area contributed by atoms with E-state index in [0.29, 0.717) is 55.6 Å². The van der Waals surface area contributed by atoms with Gasteiger partial charge in [-0.05, 0) is 103 Å². The van der Waals surface area contributed by atoms with E-state index in [1.165, 1.54) is 12.1 Å². The molecule has 4 aromatic rings. The molecule has 2 atom stereocenters. The molecule has 3 amide bonds. The number of benzene rings is 3. The van der Waals surface area contributed by atoms with E-state index in [1.54, 1.807) is 43.3 Å². The number of aromatic amines is 1. The van der Waals surface area contributed by atoms with Gasteiger partial charge in [0.2, 0.25) is 5.91 Å². The van der Waals surface area contributed by atoms with Crippen LogP contribution >= 0.6 is 0 Å². The molecular formula is C36H38FN9O3. The van der Waals surface area contributed by atoms with Gasteiger partial charge in [0, 0.05) is 37.8 Å². The monoisotopic (exact) mass is 663 g/mol. The van der Waals surface area contributed by atoms with Crippen LogP contribution < -0.4 is 16.0 Å². The highest BCUT2D eigenvalue weighted by molar-refractivity contribution is 5.95. The summed E-state index contributed by atoms with van der Waals surface area (Å²) in [7, 11) is 3.17. The molecule has 1 saturated heterocycles. The van der Waals surface area contributed by atoms with E-state index in [1.807, 2.05) is 24.3 Å². The number of likely N-dealkylation sites (tertiary alicyclic amines) is 1. The SMILES string of the molecule is CNC(=O)c1ccc2c(c1)CCc1cc(C(=O)NC)ccc1C2(C[C@@H](Cc1ccc(F)cc1)NCC(=O)N1CCC[C@H]1C#N)c1nn[nH]n1. The Labute approximate surface area is 283 Å². The van der Waals surface area contributed by atoms with Crippen molar-refractivity contribution >= 4 is 17.7 Å². The third-order valence-corrected chi connectivity index (χ3v) is 9.71. The second kappa shape index (κ2) is 14.3. The second-order valence-corrected chi connectivity index (χ2v) is 12.5. The van der Waals surface area contributed by atoms with Crippen molar-refractivity contribution in [2.24, 2.45) is 0 Å². The van der Waals surface area contributed by atoms with Crippen molar-refractivity contribution in [1.82, 2.24) is 41.5 Å². The number of aryl methyl sites for hydroxylation is 2. The maximum absolute atomic E-state index is 14.0. The number of nitriles is 1. The summed E-state index contributed by atoms with van der Waals surface area (Å²) in [6.07, 6.45) is 3.31. The van der Waals surface area contributed by atoms with Crippen LogP contribution in [0.25, 0.3) is 0 Å². The Balaban J connectivity index is 1.50. The highest BCUT2D eigenvalue weighted by Crippen LogP contribution is 2.47. The molecule has 2 heterocycles. The first-order chi connectivity index (χ1) is 23.8. The number of aromatic nitrogens is 4. The van der Waals surface area contributed by atoms with Gasteiger partial charge in [-0.15, -0.1) is 10.2 Å². The smallest absolute Gasteiger partial charge is 0.251 e. The lowest BCUT2D eigenvalue weighted by molar-refractivity contribution is -0.130. The number of tetrazole rings is 1. The lowest BCUT2D eigenvalue weighted by Crippen LogP contribution is -2.47. The lowest BCUT2D eigenvalue weighted by atomic mass is 9.67. The Morgan fingerprint density at radius 2 is 1.63 bits per heavy atom. The third kappa shape index (κ3) is 6.64. The molecule has 12 nitrogen and oxygen atoms in total. The normalized spacial score (nSPS) is 16.9. The highest BCUT2D eigenvalue weighted by Gasteiger charge is 2.46. The maximum atomic E-state index is 14.0. The zero-order chi connectivity index (χ0) is 34.5. The molecule has 1 fully saturated rings. The van der Waals surface area contributed by atoms with E-state index in [2.05, 4.69) is 42.6 Å². The Kier molecular flexibility index (Phi) is 9.77. The number of nitrogens with one attached hydrogen (secondary N) is 4. The largest absolute Gasteiger partial charge is 0.355 e. The van der Waals surface area contributed by atoms with E-state index in [0.717, 1.165) is 34.2 Å². The number of amides is 3. The number of H-pyrrole nitrogens is 1. The van der Waals surface area contributed by atoms with Gasteiger partial charge in [0.1, 0.15) is 11.9 Å². The minimum absolute atomic E-state index is 0.0166. The van der Waals surface area contributed by atoms with Crippen LogP contribution in [0.2, 0.25) is 0 Å². The molecule has 3 aromatic carbocycles. The molecule has 0 spiro atoms. The van der Waals surface area contributed by atoms with Crippen molar-refractivity contribution < 1.29 is 18.8 Å². The molecule has 1 aromatic heterocycles. The summed E-state index contributed by atoms with van der Waals surface area (Å²) in [6.45, 7) is 0.507. The fourth-order valence-corrected chi connectivity index (χ4v) is 7.34. The molecule has 0 radical (unpaired) electrons. The van der Waals surface area contributed by atoms with E-state index >= 15 is 0 Å². The average molecular weight is 664 g/mol. The summed E-state index contributed by atoms with van der Waals surface area (Å²) in [5, 5.41) is 34.2. The first-order valence-corrected chi connectivity index (χ1v) is 16.4. The summed E-state index contributed by atoms with van der Waals surface area (Å²) in [5.74, 6) is -0.576. The fourth-order valence-electron chi connectivity index (χ4n) is 7.34. The summed E-state index contributed by atoms with van der Waals surface area (Å²) < 4.78 is 14.0. The first-order valence-electron chi connectivity index (χ1n) is 16.4. The predicted molar refractivity (Wildman–Crippen MR) is 178 cm³/mol. The molecule has 49 heavy (non-hydrogen) atoms. The molecule has 252 valence electrons. The van der Waals surface area contributed by atoms with Gasteiger partial charge in [0.15, 0.2) is 5.82 Å². The Morgan fingerprint density at radius 3 is 2.18 bits per heavy atom. The molecule has 6 rings (SSSR count). The number of hydrogen-bond donors (Lipinski definition) is 4. The Hall–Kier alpha value is -5.48. The Morgan fingerprint density at radius 1 is 1.00 bits per heavy atom. The van der Waals surface area contributed by atoms with Crippen molar-refractivity contribution in [2.45, 2.75) is 56.0 Å². The third-order valence-electron chi connectivity index (χ3n) is 9.71. The summed E-state index contributed by atoms with van der Waals surface area (Å²) in [4.78, 5) is 40.6. The van der Waals surface area contributed by atoms with Crippen molar-refractivity contribution in [1.29, 1.82) is 5.26 Å². The van der Waals surface area contributed by atoms with Crippen LogP contribution in [0.3, 0.4) is 0 Å². The van der Waals surface area contributed by atoms with Crippen molar-refractivity contribution in [3.05, 3.63) is 111 Å². The average Bonchev–Trinajstić information content (AvgIpc) is 3.83. The molecule has 4 N–H and O–H groups in total. The second-order valence-electron chi connectivity index (χ2n) is 12.5. The maximum Gasteiger partial charge on any atom is 0.251 e. The predicted octanol–water partition coefficient (Wildman–Crippen LogP) is 2.60. The van der Waals surface area contributed by atoms with Crippen LogP contribution in [0.5, 0.6) is 0 Å². The van der Waals surface area contributed by atoms with Gasteiger partial charge in [-0.2, -0.15) is 10.5 Å². The molecule has 1 aliphatic carbocycles. The minimum atomic E-state index is -1.06. The molecular weight excluding hydrogens is 625 g/mol. The molecule has 13 heteroatoms. The zero-order valence-electron chi connectivity index (χ0n) is 27.4. The van der Waals surface area contributed by atoms with Gasteiger partial charge >= 0.3 is 0 Å². The molecule has 0 saturated carbocycles. The number of rotatable bonds is 10. The fraction of sp³-hybridized carbons (Fsp3) is 0.361. The molecule has 0 bridgehead atoms. The van der Waals surface area contributed by atoms with E-state index in [-0.39, 0.29) is 30.1 Å². The van der Waals surface area contributed by atoms with Crippen molar-refractivity contribution in [2.75, 3.05) is 27.2 Å². The van der Waals surface area contributed by atoms with Gasteiger partial charge < -0.3 is 20.9 Å². The summed E-state index contributed by atoms with van der Waals surface area (Å²) in [6, 6.07) is 18.8. The van der Waals surface area contributed by atoms with Gasteiger partial charge in [0.05, 0.1) is 18.0 Å². The van der Waals surface area contributed by atoms with Gasteiger partial charge in [0.25, 0.3) is 11.8 Å². The van der Waals surface area contributed by atoms with Crippen LogP contribution in [0.4, 0.5) is 4.39 Å². The number of carbonyl (C=O) groups is 3. The standard InChI is InChI=1S/C36H38FN9O3/c1-39-33(48)25-9-13-30-23(17-25)7-8-24-18-26(34(49)40-2)10-14-31(24)36(30,35-42-44-45-43-35)19-28(16-22-5-11-27(37)12-6-22)41-21-32(47)46-15-3-4-29(46)20-38/h5-6,9-14,17-18,28-29,41H,3-4,7-8,15-16,19,21H2,1-2H3,(H,39,48)(H,40,49)(H,42,43,44,45)/t28-,29+/m1/s1. The molecule has 0 unspecified atom stereocenters. The van der Waals surface area contributed by atoms with Gasteiger partial charge in [-0.3, -0.25) is 14.4 Å². The lowest BCUT2D eigenvalue weighted by Gasteiger charge is -2.37. The van der Waals surface area contributed by atoms with Crippen LogP contribution in [0.15, 0.2) is 60.7 Å². The number of fused-ring (bicyclic) bond motifs is 2. The van der Waals surface area contributed by atoms with Crippen LogP contribution in [-0.2, 0) is 29.5 Å². The van der Waals surface area contributed by atoms with Gasteiger partial charge in [-0.25, -0.2) is 4.39 Å². The topological polar surface area (TPSA) is 169 Å². The quantitative estimate of drug-likeness (QED) is 0.201. The first kappa shape index (κ1) is 33.4. The Bertz CT molecular complexity index is 1820. The summed E-state index contributed by atoms with van der Waals surface area (Å²) >= 11 is 0. The number of carbonyl (C=O) groups excluding carboxylic acids is 3. The van der Waals surface area contributed by atoms with Crippen LogP contribution in [0.1, 0.15) is 73.6 Å². The van der Waals surface area contributed by atoms with E-state index < -0.39 is 17.5 Å².